The van der Waals surface area contributed by atoms with Crippen LogP contribution in [0.5, 0.6) is 0 Å². The minimum absolute atomic E-state index is 0.163. The maximum Gasteiger partial charge on any atom is 0.317 e. The van der Waals surface area contributed by atoms with E-state index in [0.717, 1.165) is 5.57 Å². The number of fused-ring (bicyclic) bond motifs is 1. The second kappa shape index (κ2) is 4.59. The molecule has 2 aliphatic rings. The van der Waals surface area contributed by atoms with Crippen molar-refractivity contribution in [3.8, 4) is 0 Å². The van der Waals surface area contributed by atoms with E-state index in [9.17, 15) is 14.4 Å². The molecule has 1 aliphatic heterocycles. The molecule has 20 heavy (non-hydrogen) atoms. The number of rotatable bonds is 4. The highest BCUT2D eigenvalue weighted by Gasteiger charge is 2.40. The van der Waals surface area contributed by atoms with E-state index in [-0.39, 0.29) is 30.2 Å². The first-order valence-corrected chi connectivity index (χ1v) is 6.46. The van der Waals surface area contributed by atoms with Gasteiger partial charge in [0.15, 0.2) is 0 Å². The van der Waals surface area contributed by atoms with Crippen LogP contribution in [-0.2, 0) is 9.53 Å². The molecule has 0 saturated carbocycles. The van der Waals surface area contributed by atoms with E-state index in [4.69, 9.17) is 4.74 Å². The molecule has 5 nitrogen and oxygen atoms in total. The molecule has 102 valence electrons. The SMILES string of the molecule is CCOC(=O)C1C=C1CN1C(=O)c2ccccc2C1=O. The number of hydrogen-bond donors (Lipinski definition) is 0. The van der Waals surface area contributed by atoms with Crippen molar-refractivity contribution in [3.05, 3.63) is 47.0 Å². The number of amides is 2. The molecule has 1 aliphatic carbocycles. The van der Waals surface area contributed by atoms with Gasteiger partial charge in [0.1, 0.15) is 0 Å². The Morgan fingerprint density at radius 2 is 1.80 bits per heavy atom. The van der Waals surface area contributed by atoms with Crippen LogP contribution in [-0.4, -0.2) is 35.8 Å². The molecule has 0 spiro atoms. The van der Waals surface area contributed by atoms with Crippen LogP contribution in [0.1, 0.15) is 27.6 Å². The van der Waals surface area contributed by atoms with E-state index in [0.29, 0.717) is 17.7 Å². The number of benzene rings is 1. The molecular formula is C15H13NO4. The highest BCUT2D eigenvalue weighted by Crippen LogP contribution is 2.33. The number of nitrogens with zero attached hydrogens (tertiary/aromatic N) is 1. The van der Waals surface area contributed by atoms with Crippen molar-refractivity contribution >= 4 is 17.8 Å². The third-order valence-electron chi connectivity index (χ3n) is 3.43. The first kappa shape index (κ1) is 12.6. The minimum Gasteiger partial charge on any atom is -0.465 e. The lowest BCUT2D eigenvalue weighted by atomic mass is 10.1. The van der Waals surface area contributed by atoms with Crippen molar-refractivity contribution in [2.75, 3.05) is 13.2 Å². The van der Waals surface area contributed by atoms with Gasteiger partial charge in [-0.3, -0.25) is 19.3 Å². The highest BCUT2D eigenvalue weighted by molar-refractivity contribution is 6.21. The summed E-state index contributed by atoms with van der Waals surface area (Å²) in [6.45, 7) is 2.23. The fourth-order valence-corrected chi connectivity index (χ4v) is 2.33. The van der Waals surface area contributed by atoms with Gasteiger partial charge in [-0.1, -0.05) is 18.2 Å². The second-order valence-electron chi connectivity index (χ2n) is 4.71. The van der Waals surface area contributed by atoms with Gasteiger partial charge in [0.05, 0.1) is 30.2 Å². The normalized spacial score (nSPS) is 19.8. The van der Waals surface area contributed by atoms with Gasteiger partial charge in [0.2, 0.25) is 0 Å². The first-order chi connectivity index (χ1) is 9.63. The first-order valence-electron chi connectivity index (χ1n) is 6.46. The fourth-order valence-electron chi connectivity index (χ4n) is 2.33. The molecule has 0 aromatic heterocycles. The van der Waals surface area contributed by atoms with E-state index in [1.165, 1.54) is 4.90 Å². The van der Waals surface area contributed by atoms with Crippen molar-refractivity contribution in [2.24, 2.45) is 5.92 Å². The summed E-state index contributed by atoms with van der Waals surface area (Å²) in [6, 6.07) is 6.73. The van der Waals surface area contributed by atoms with Gasteiger partial charge in [-0.2, -0.15) is 0 Å². The van der Waals surface area contributed by atoms with Crippen LogP contribution < -0.4 is 0 Å². The third-order valence-corrected chi connectivity index (χ3v) is 3.43. The number of ether oxygens (including phenoxy) is 1. The van der Waals surface area contributed by atoms with E-state index in [1.807, 2.05) is 0 Å². The predicted octanol–water partition coefficient (Wildman–Crippen LogP) is 1.40. The zero-order chi connectivity index (χ0) is 14.3. The monoisotopic (exact) mass is 271 g/mol. The Morgan fingerprint density at radius 1 is 1.20 bits per heavy atom. The number of hydrogen-bond acceptors (Lipinski definition) is 4. The molecule has 3 rings (SSSR count). The molecular weight excluding hydrogens is 258 g/mol. The Balaban J connectivity index is 1.70. The number of imide groups is 1. The summed E-state index contributed by atoms with van der Waals surface area (Å²) in [4.78, 5) is 37.0. The van der Waals surface area contributed by atoms with Crippen molar-refractivity contribution in [1.29, 1.82) is 0 Å². The highest BCUT2D eigenvalue weighted by atomic mass is 16.5. The van der Waals surface area contributed by atoms with Gasteiger partial charge >= 0.3 is 5.97 Å². The maximum atomic E-state index is 12.1. The smallest absolute Gasteiger partial charge is 0.317 e. The lowest BCUT2D eigenvalue weighted by molar-refractivity contribution is -0.144. The summed E-state index contributed by atoms with van der Waals surface area (Å²) in [7, 11) is 0. The van der Waals surface area contributed by atoms with Crippen LogP contribution in [0.25, 0.3) is 0 Å². The van der Waals surface area contributed by atoms with Crippen LogP contribution in [0.3, 0.4) is 0 Å². The van der Waals surface area contributed by atoms with Crippen molar-refractivity contribution in [2.45, 2.75) is 6.92 Å². The lowest BCUT2D eigenvalue weighted by Crippen LogP contribution is -2.31. The van der Waals surface area contributed by atoms with Crippen LogP contribution in [0.15, 0.2) is 35.9 Å². The molecule has 1 atom stereocenters. The van der Waals surface area contributed by atoms with Crippen molar-refractivity contribution < 1.29 is 19.1 Å². The average molecular weight is 271 g/mol. The Morgan fingerprint density at radius 3 is 2.35 bits per heavy atom. The van der Waals surface area contributed by atoms with Crippen molar-refractivity contribution in [3.63, 3.8) is 0 Å². The zero-order valence-electron chi connectivity index (χ0n) is 11.0. The van der Waals surface area contributed by atoms with Gasteiger partial charge < -0.3 is 4.74 Å². The molecule has 0 saturated heterocycles. The Bertz CT molecular complexity index is 612. The van der Waals surface area contributed by atoms with Gasteiger partial charge in [0, 0.05) is 0 Å². The summed E-state index contributed by atoms with van der Waals surface area (Å²) < 4.78 is 4.90. The van der Waals surface area contributed by atoms with Crippen LogP contribution in [0.2, 0.25) is 0 Å². The summed E-state index contributed by atoms with van der Waals surface area (Å²) >= 11 is 0. The molecule has 0 fully saturated rings. The van der Waals surface area contributed by atoms with E-state index >= 15 is 0 Å². The van der Waals surface area contributed by atoms with Crippen LogP contribution >= 0.6 is 0 Å². The molecule has 1 heterocycles. The molecule has 5 heteroatoms. The average Bonchev–Trinajstić information content (AvgIpc) is 3.18. The second-order valence-corrected chi connectivity index (χ2v) is 4.71. The maximum absolute atomic E-state index is 12.1. The van der Waals surface area contributed by atoms with Crippen molar-refractivity contribution in [1.82, 2.24) is 4.90 Å². The summed E-state index contributed by atoms with van der Waals surface area (Å²) in [6.07, 6.45) is 1.72. The Labute approximate surface area is 115 Å². The lowest BCUT2D eigenvalue weighted by Gasteiger charge is -2.12. The fraction of sp³-hybridized carbons (Fsp3) is 0.267. The number of carbonyl (C=O) groups excluding carboxylic acids is 3. The largest absolute Gasteiger partial charge is 0.465 e. The summed E-state index contributed by atoms with van der Waals surface area (Å²) in [5, 5.41) is 0. The molecule has 0 radical (unpaired) electrons. The molecule has 2 amide bonds. The number of carbonyl (C=O) groups is 3. The third kappa shape index (κ3) is 1.91. The van der Waals surface area contributed by atoms with Gasteiger partial charge in [-0.25, -0.2) is 0 Å². The number of esters is 1. The van der Waals surface area contributed by atoms with Gasteiger partial charge in [0.25, 0.3) is 11.8 Å². The minimum atomic E-state index is -0.376. The zero-order valence-corrected chi connectivity index (χ0v) is 11.0. The molecule has 1 aromatic carbocycles. The standard InChI is InChI=1S/C15H13NO4/c1-2-20-15(19)12-7-9(12)8-16-13(17)10-5-3-4-6-11(10)14(16)18/h3-7,12H,2,8H2,1H3. The van der Waals surface area contributed by atoms with E-state index in [1.54, 1.807) is 37.3 Å². The van der Waals surface area contributed by atoms with E-state index < -0.39 is 0 Å². The van der Waals surface area contributed by atoms with E-state index in [2.05, 4.69) is 0 Å². The summed E-state index contributed by atoms with van der Waals surface area (Å²) in [5.41, 5.74) is 1.61. The van der Waals surface area contributed by atoms with Crippen LogP contribution in [0.4, 0.5) is 0 Å². The molecule has 0 N–H and O–H groups in total. The molecule has 1 unspecified atom stereocenters. The van der Waals surface area contributed by atoms with Gasteiger partial charge in [-0.15, -0.1) is 0 Å². The molecule has 0 bridgehead atoms. The van der Waals surface area contributed by atoms with Gasteiger partial charge in [-0.05, 0) is 24.6 Å². The molecule has 1 aromatic rings. The Kier molecular flexibility index (Phi) is 2.89. The topological polar surface area (TPSA) is 63.7 Å². The predicted molar refractivity (Wildman–Crippen MR) is 70.0 cm³/mol. The Hall–Kier alpha value is -2.43. The quantitative estimate of drug-likeness (QED) is 0.472. The van der Waals surface area contributed by atoms with Crippen LogP contribution in [0, 0.1) is 5.92 Å². The summed E-state index contributed by atoms with van der Waals surface area (Å²) in [5.74, 6) is -1.31.